The minimum atomic E-state index is -4.48. The molecule has 0 aliphatic carbocycles. The summed E-state index contributed by atoms with van der Waals surface area (Å²) in [5.74, 6) is 0.317. The van der Waals surface area contributed by atoms with Crippen LogP contribution in [0, 0.1) is 6.92 Å². The Bertz CT molecular complexity index is 1060. The number of anilines is 1. The van der Waals surface area contributed by atoms with Crippen LogP contribution in [0.1, 0.15) is 22.7 Å². The number of hydrogen-bond acceptors (Lipinski definition) is 2. The van der Waals surface area contributed by atoms with Crippen molar-refractivity contribution in [1.29, 1.82) is 0 Å². The first-order valence-corrected chi connectivity index (χ1v) is 9.23. The molecule has 0 radical (unpaired) electrons. The average Bonchev–Trinajstić information content (AvgIpc) is 2.62. The van der Waals surface area contributed by atoms with Crippen LogP contribution in [-0.4, -0.2) is 19.1 Å². The van der Waals surface area contributed by atoms with Gasteiger partial charge in [-0.05, 0) is 18.4 Å². The van der Waals surface area contributed by atoms with Gasteiger partial charge in [0, 0.05) is 28.0 Å². The highest BCUT2D eigenvalue weighted by Gasteiger charge is 2.45. The molecule has 0 bridgehead atoms. The number of aryl methyl sites for hydroxylation is 1. The van der Waals surface area contributed by atoms with Crippen molar-refractivity contribution in [3.05, 3.63) is 75.8 Å². The maximum atomic E-state index is 13.9. The Kier molecular flexibility index (Phi) is 4.26. The molecule has 0 saturated carbocycles. The summed E-state index contributed by atoms with van der Waals surface area (Å²) in [5, 5.41) is 1.63. The fraction of sp³-hybridized carbons (Fsp3) is 0.190. The summed E-state index contributed by atoms with van der Waals surface area (Å²) >= 11 is 3.42. The van der Waals surface area contributed by atoms with Crippen molar-refractivity contribution >= 4 is 38.2 Å². The van der Waals surface area contributed by atoms with E-state index in [0.717, 1.165) is 16.3 Å². The Morgan fingerprint density at radius 3 is 2.26 bits per heavy atom. The van der Waals surface area contributed by atoms with Crippen LogP contribution in [0.5, 0.6) is 0 Å². The Balaban J connectivity index is 2.02. The zero-order valence-electron chi connectivity index (χ0n) is 14.7. The second-order valence-corrected chi connectivity index (χ2v) is 7.52. The third-order valence-electron chi connectivity index (χ3n) is 4.81. The van der Waals surface area contributed by atoms with Crippen LogP contribution in [0.15, 0.2) is 64.1 Å². The smallest absolute Gasteiger partial charge is 0.328 e. The predicted molar refractivity (Wildman–Crippen MR) is 107 cm³/mol. The van der Waals surface area contributed by atoms with Crippen LogP contribution in [0.3, 0.4) is 0 Å². The lowest BCUT2D eigenvalue weighted by Crippen LogP contribution is -2.36. The summed E-state index contributed by atoms with van der Waals surface area (Å²) in [4.78, 5) is 5.88. The van der Waals surface area contributed by atoms with Crippen molar-refractivity contribution in [3.63, 3.8) is 0 Å². The van der Waals surface area contributed by atoms with E-state index >= 15 is 0 Å². The summed E-state index contributed by atoms with van der Waals surface area (Å²) in [6.07, 6.45) is -4.48. The van der Waals surface area contributed by atoms with Gasteiger partial charge in [0.05, 0.1) is 5.69 Å². The first kappa shape index (κ1) is 18.0. The molecule has 1 heterocycles. The number of amidine groups is 1. The van der Waals surface area contributed by atoms with Gasteiger partial charge in [0.1, 0.15) is 5.84 Å². The van der Waals surface area contributed by atoms with Gasteiger partial charge in [-0.25, -0.2) is 4.99 Å². The summed E-state index contributed by atoms with van der Waals surface area (Å²) in [6.45, 7) is 1.94. The molecule has 1 aliphatic heterocycles. The lowest BCUT2D eigenvalue weighted by Gasteiger charge is -2.34. The summed E-state index contributed by atoms with van der Waals surface area (Å²) in [5.41, 5.74) is 2.41. The minimum absolute atomic E-state index is 0.159. The molecule has 138 valence electrons. The van der Waals surface area contributed by atoms with Crippen LogP contribution in [0.4, 0.5) is 18.9 Å². The van der Waals surface area contributed by atoms with Crippen LogP contribution in [-0.2, 0) is 0 Å². The first-order chi connectivity index (χ1) is 12.8. The summed E-state index contributed by atoms with van der Waals surface area (Å²) in [6, 6.07) is 14.5. The highest BCUT2D eigenvalue weighted by atomic mass is 79.9. The van der Waals surface area contributed by atoms with Gasteiger partial charge < -0.3 is 4.90 Å². The van der Waals surface area contributed by atoms with Crippen molar-refractivity contribution in [2.24, 2.45) is 4.99 Å². The van der Waals surface area contributed by atoms with Crippen LogP contribution in [0.25, 0.3) is 10.8 Å². The second kappa shape index (κ2) is 6.37. The van der Waals surface area contributed by atoms with E-state index in [2.05, 4.69) is 20.9 Å². The van der Waals surface area contributed by atoms with Gasteiger partial charge >= 0.3 is 6.18 Å². The normalized spacial score (nSPS) is 17.0. The molecule has 3 aromatic rings. The Labute approximate surface area is 163 Å². The number of nitrogens with zero attached hydrogens (tertiary/aromatic N) is 2. The molecular formula is C21H16BrF3N2. The van der Waals surface area contributed by atoms with Crippen molar-refractivity contribution in [2.45, 2.75) is 19.1 Å². The predicted octanol–water partition coefficient (Wildman–Crippen LogP) is 6.41. The van der Waals surface area contributed by atoms with Crippen LogP contribution >= 0.6 is 15.9 Å². The van der Waals surface area contributed by atoms with E-state index in [0.29, 0.717) is 21.6 Å². The summed E-state index contributed by atoms with van der Waals surface area (Å²) < 4.78 is 42.3. The Morgan fingerprint density at radius 1 is 1.00 bits per heavy atom. The minimum Gasteiger partial charge on any atom is -0.328 e. The van der Waals surface area contributed by atoms with E-state index in [1.807, 2.05) is 55.5 Å². The van der Waals surface area contributed by atoms with Crippen LogP contribution < -0.4 is 4.90 Å². The van der Waals surface area contributed by atoms with E-state index in [-0.39, 0.29) is 5.56 Å². The number of rotatable bonds is 1. The van der Waals surface area contributed by atoms with Crippen molar-refractivity contribution in [1.82, 2.24) is 0 Å². The van der Waals surface area contributed by atoms with Crippen molar-refractivity contribution in [2.75, 3.05) is 11.9 Å². The van der Waals surface area contributed by atoms with E-state index in [9.17, 15) is 13.2 Å². The molecular weight excluding hydrogens is 417 g/mol. The average molecular weight is 433 g/mol. The first-order valence-electron chi connectivity index (χ1n) is 8.44. The number of benzene rings is 3. The topological polar surface area (TPSA) is 15.6 Å². The monoisotopic (exact) mass is 432 g/mol. The van der Waals surface area contributed by atoms with Gasteiger partial charge in [-0.15, -0.1) is 0 Å². The molecule has 2 nitrogen and oxygen atoms in total. The number of halogens is 4. The molecule has 0 amide bonds. The Morgan fingerprint density at radius 2 is 1.63 bits per heavy atom. The molecule has 27 heavy (non-hydrogen) atoms. The molecule has 3 aromatic carbocycles. The number of hydrogen-bond donors (Lipinski definition) is 0. The molecule has 0 fully saturated rings. The lowest BCUT2D eigenvalue weighted by molar-refractivity contribution is -0.148. The van der Waals surface area contributed by atoms with Gasteiger partial charge in [-0.1, -0.05) is 70.0 Å². The largest absolute Gasteiger partial charge is 0.415 e. The third kappa shape index (κ3) is 3.02. The number of aliphatic imine (C=N–C) groups is 1. The quantitative estimate of drug-likeness (QED) is 0.433. The van der Waals surface area contributed by atoms with Crippen molar-refractivity contribution in [3.8, 4) is 0 Å². The highest BCUT2D eigenvalue weighted by molar-refractivity contribution is 9.10. The molecule has 6 heteroatoms. The molecule has 0 N–H and O–H groups in total. The maximum Gasteiger partial charge on any atom is 0.415 e. The fourth-order valence-corrected chi connectivity index (χ4v) is 4.12. The van der Waals surface area contributed by atoms with E-state index in [4.69, 9.17) is 0 Å². The van der Waals surface area contributed by atoms with Gasteiger partial charge in [0.25, 0.3) is 0 Å². The zero-order chi connectivity index (χ0) is 19.3. The number of fused-ring (bicyclic) bond motifs is 3. The second-order valence-electron chi connectivity index (χ2n) is 6.66. The molecule has 4 rings (SSSR count). The van der Waals surface area contributed by atoms with Crippen LogP contribution in [0.2, 0.25) is 0 Å². The van der Waals surface area contributed by atoms with E-state index < -0.39 is 12.2 Å². The molecule has 1 unspecified atom stereocenters. The fourth-order valence-electron chi connectivity index (χ4n) is 3.52. The third-order valence-corrected chi connectivity index (χ3v) is 5.47. The van der Waals surface area contributed by atoms with Gasteiger partial charge in [0.15, 0.2) is 6.04 Å². The molecule has 0 aromatic heterocycles. The van der Waals surface area contributed by atoms with E-state index in [1.165, 1.54) is 0 Å². The van der Waals surface area contributed by atoms with Gasteiger partial charge in [0.2, 0.25) is 0 Å². The summed E-state index contributed by atoms with van der Waals surface area (Å²) in [7, 11) is 1.77. The molecule has 0 saturated heterocycles. The SMILES string of the molecule is Cc1ccc(C2=NC(C(F)(F)F)c3cc(Br)c4ccccc4c3N2C)cc1. The highest BCUT2D eigenvalue weighted by Crippen LogP contribution is 2.48. The lowest BCUT2D eigenvalue weighted by atomic mass is 9.95. The molecule has 0 spiro atoms. The standard InChI is InChI=1S/C21H16BrF3N2/c1-12-7-9-13(10-8-12)20-26-19(21(23,24)25)16-11-17(22)14-5-3-4-6-15(14)18(16)27(20)2/h3-11,19H,1-2H3. The molecule has 1 aliphatic rings. The molecule has 1 atom stereocenters. The Hall–Kier alpha value is -2.34. The maximum absolute atomic E-state index is 13.9. The van der Waals surface area contributed by atoms with Crippen molar-refractivity contribution < 1.29 is 13.2 Å². The zero-order valence-corrected chi connectivity index (χ0v) is 16.3. The number of alkyl halides is 3. The van der Waals surface area contributed by atoms with E-state index in [1.54, 1.807) is 18.0 Å². The van der Waals surface area contributed by atoms with Gasteiger partial charge in [-0.2, -0.15) is 13.2 Å². The van der Waals surface area contributed by atoms with Gasteiger partial charge in [-0.3, -0.25) is 0 Å².